The van der Waals surface area contributed by atoms with Crippen molar-refractivity contribution in [2.45, 2.75) is 32.2 Å². The average molecular weight is 439 g/mol. The number of pyridine rings is 1. The van der Waals surface area contributed by atoms with Gasteiger partial charge in [0.05, 0.1) is 6.61 Å². The molecule has 0 saturated carbocycles. The molecule has 0 unspecified atom stereocenters. The number of piperidine rings is 1. The van der Waals surface area contributed by atoms with Gasteiger partial charge in [0.25, 0.3) is 5.56 Å². The summed E-state index contributed by atoms with van der Waals surface area (Å²) < 4.78 is 34.2. The molecular formula is C26H28F2N2O2. The smallest absolute Gasteiger partial charge is 0.252 e. The lowest BCUT2D eigenvalue weighted by Crippen LogP contribution is -2.43. The molecule has 3 aromatic rings. The number of aryl methyl sites for hydroxylation is 1. The number of benzene rings is 2. The molecule has 0 atom stereocenters. The lowest BCUT2D eigenvalue weighted by atomic mass is 9.74. The standard InChI is InChI=1S/C26H28F2N2O2/c27-22-8-2-1-6-20(22)11-12-26(19-32-24-10-4-3-9-23(24)28)13-16-30(17-14-26)18-21-7-5-15-29-25(21)31/h1-10,15H,11-14,16-19H2,(H,29,31). The Labute approximate surface area is 186 Å². The Bertz CT molecular complexity index is 1040. The highest BCUT2D eigenvalue weighted by Crippen LogP contribution is 2.38. The molecule has 0 radical (unpaired) electrons. The Kier molecular flexibility index (Phi) is 7.00. The van der Waals surface area contributed by atoms with Crippen molar-refractivity contribution in [2.75, 3.05) is 19.7 Å². The highest BCUT2D eigenvalue weighted by molar-refractivity contribution is 5.24. The molecule has 0 spiro atoms. The number of rotatable bonds is 8. The van der Waals surface area contributed by atoms with Crippen molar-refractivity contribution in [1.29, 1.82) is 0 Å². The topological polar surface area (TPSA) is 45.3 Å². The van der Waals surface area contributed by atoms with Crippen LogP contribution in [0.2, 0.25) is 0 Å². The van der Waals surface area contributed by atoms with E-state index in [1.165, 1.54) is 12.1 Å². The number of nitrogens with one attached hydrogen (secondary N) is 1. The van der Waals surface area contributed by atoms with Gasteiger partial charge in [-0.3, -0.25) is 9.69 Å². The van der Waals surface area contributed by atoms with Crippen LogP contribution in [-0.2, 0) is 13.0 Å². The Morgan fingerprint density at radius 3 is 2.31 bits per heavy atom. The molecule has 0 bridgehead atoms. The van der Waals surface area contributed by atoms with Gasteiger partial charge in [-0.25, -0.2) is 8.78 Å². The first-order valence-electron chi connectivity index (χ1n) is 11.0. The predicted molar refractivity (Wildman–Crippen MR) is 121 cm³/mol. The van der Waals surface area contributed by atoms with Crippen molar-refractivity contribution in [3.8, 4) is 5.75 Å². The van der Waals surface area contributed by atoms with Gasteiger partial charge in [0, 0.05) is 23.7 Å². The second-order valence-electron chi connectivity index (χ2n) is 8.61. The average Bonchev–Trinajstić information content (AvgIpc) is 2.81. The van der Waals surface area contributed by atoms with Crippen LogP contribution >= 0.6 is 0 Å². The minimum atomic E-state index is -0.377. The molecule has 6 heteroatoms. The van der Waals surface area contributed by atoms with E-state index in [1.807, 2.05) is 24.3 Å². The second kappa shape index (κ2) is 10.1. The fourth-order valence-electron chi connectivity index (χ4n) is 4.37. The van der Waals surface area contributed by atoms with Crippen molar-refractivity contribution in [3.63, 3.8) is 0 Å². The number of para-hydroxylation sites is 1. The first-order valence-corrected chi connectivity index (χ1v) is 11.0. The summed E-state index contributed by atoms with van der Waals surface area (Å²) in [6.45, 7) is 2.56. The summed E-state index contributed by atoms with van der Waals surface area (Å²) in [7, 11) is 0. The van der Waals surface area contributed by atoms with E-state index in [-0.39, 0.29) is 28.4 Å². The number of hydrogen-bond acceptors (Lipinski definition) is 3. The molecule has 1 aliphatic heterocycles. The maximum Gasteiger partial charge on any atom is 0.252 e. The highest BCUT2D eigenvalue weighted by Gasteiger charge is 2.35. The van der Waals surface area contributed by atoms with Gasteiger partial charge in [-0.15, -0.1) is 0 Å². The van der Waals surface area contributed by atoms with Gasteiger partial charge in [0.15, 0.2) is 11.6 Å². The van der Waals surface area contributed by atoms with Crippen LogP contribution in [0.1, 0.15) is 30.4 Å². The van der Waals surface area contributed by atoms with Crippen LogP contribution in [0.4, 0.5) is 8.78 Å². The molecule has 1 saturated heterocycles. The molecule has 1 N–H and O–H groups in total. The van der Waals surface area contributed by atoms with E-state index < -0.39 is 0 Å². The largest absolute Gasteiger partial charge is 0.490 e. The van der Waals surface area contributed by atoms with Gasteiger partial charge in [0.2, 0.25) is 0 Å². The third kappa shape index (κ3) is 5.43. The Balaban J connectivity index is 1.45. The highest BCUT2D eigenvalue weighted by atomic mass is 19.1. The molecule has 2 aromatic carbocycles. The maximum atomic E-state index is 14.2. The number of nitrogens with zero attached hydrogens (tertiary/aromatic N) is 1. The van der Waals surface area contributed by atoms with E-state index in [4.69, 9.17) is 4.74 Å². The normalized spacial score (nSPS) is 16.1. The monoisotopic (exact) mass is 438 g/mol. The second-order valence-corrected chi connectivity index (χ2v) is 8.61. The van der Waals surface area contributed by atoms with Gasteiger partial charge < -0.3 is 9.72 Å². The first-order chi connectivity index (χ1) is 15.5. The summed E-state index contributed by atoms with van der Waals surface area (Å²) in [4.78, 5) is 17.0. The quantitative estimate of drug-likeness (QED) is 0.542. The van der Waals surface area contributed by atoms with Crippen LogP contribution < -0.4 is 10.3 Å². The number of H-pyrrole nitrogens is 1. The van der Waals surface area contributed by atoms with Crippen molar-refractivity contribution >= 4 is 0 Å². The molecule has 0 aliphatic carbocycles. The zero-order chi connectivity index (χ0) is 22.4. The molecule has 4 nitrogen and oxygen atoms in total. The number of aromatic amines is 1. The van der Waals surface area contributed by atoms with Crippen LogP contribution in [0, 0.1) is 17.0 Å². The Hall–Kier alpha value is -2.99. The number of aromatic nitrogens is 1. The molecule has 168 valence electrons. The fraction of sp³-hybridized carbons (Fsp3) is 0.346. The van der Waals surface area contributed by atoms with Crippen molar-refractivity contribution in [3.05, 3.63) is 100.0 Å². The van der Waals surface area contributed by atoms with E-state index in [1.54, 1.807) is 30.5 Å². The van der Waals surface area contributed by atoms with Gasteiger partial charge in [-0.05, 0) is 68.6 Å². The SMILES string of the molecule is O=c1[nH]cccc1CN1CCC(CCc2ccccc2F)(COc2ccccc2F)CC1. The minimum absolute atomic E-state index is 0.0632. The van der Waals surface area contributed by atoms with Crippen molar-refractivity contribution in [2.24, 2.45) is 5.41 Å². The molecular weight excluding hydrogens is 410 g/mol. The summed E-state index contributed by atoms with van der Waals surface area (Å²) in [5.74, 6) is -0.327. The van der Waals surface area contributed by atoms with Crippen LogP contribution in [-0.4, -0.2) is 29.6 Å². The third-order valence-corrected chi connectivity index (χ3v) is 6.46. The number of ether oxygens (including phenoxy) is 1. The van der Waals surface area contributed by atoms with Crippen molar-refractivity contribution < 1.29 is 13.5 Å². The molecule has 1 aromatic heterocycles. The molecule has 4 rings (SSSR count). The van der Waals surface area contributed by atoms with E-state index >= 15 is 0 Å². The summed E-state index contributed by atoms with van der Waals surface area (Å²) >= 11 is 0. The Morgan fingerprint density at radius 1 is 0.906 bits per heavy atom. The van der Waals surface area contributed by atoms with Gasteiger partial charge >= 0.3 is 0 Å². The summed E-state index contributed by atoms with van der Waals surface area (Å²) in [6, 6.07) is 16.9. The van der Waals surface area contributed by atoms with E-state index in [0.717, 1.165) is 37.9 Å². The zero-order valence-corrected chi connectivity index (χ0v) is 18.0. The van der Waals surface area contributed by atoms with Gasteiger partial charge in [-0.1, -0.05) is 36.4 Å². The van der Waals surface area contributed by atoms with Crippen LogP contribution in [0.15, 0.2) is 71.7 Å². The Morgan fingerprint density at radius 2 is 1.59 bits per heavy atom. The van der Waals surface area contributed by atoms with Gasteiger partial charge in [-0.2, -0.15) is 0 Å². The number of likely N-dealkylation sites (tertiary alicyclic amines) is 1. The van der Waals surface area contributed by atoms with Crippen molar-refractivity contribution in [1.82, 2.24) is 9.88 Å². The lowest BCUT2D eigenvalue weighted by molar-refractivity contribution is 0.0426. The number of halogens is 2. The van der Waals surface area contributed by atoms with Crippen LogP contribution in [0.3, 0.4) is 0 Å². The molecule has 1 aliphatic rings. The predicted octanol–water partition coefficient (Wildman–Crippen LogP) is 4.95. The van der Waals surface area contributed by atoms with Gasteiger partial charge in [0.1, 0.15) is 5.82 Å². The fourth-order valence-corrected chi connectivity index (χ4v) is 4.37. The zero-order valence-electron chi connectivity index (χ0n) is 18.0. The molecule has 2 heterocycles. The maximum absolute atomic E-state index is 14.2. The summed E-state index contributed by atoms with van der Waals surface area (Å²) in [5, 5.41) is 0. The van der Waals surface area contributed by atoms with Crippen LogP contribution in [0.5, 0.6) is 5.75 Å². The van der Waals surface area contributed by atoms with E-state index in [2.05, 4.69) is 9.88 Å². The van der Waals surface area contributed by atoms with E-state index in [9.17, 15) is 13.6 Å². The van der Waals surface area contributed by atoms with E-state index in [0.29, 0.717) is 25.1 Å². The molecule has 32 heavy (non-hydrogen) atoms. The summed E-state index contributed by atoms with van der Waals surface area (Å²) in [5.41, 5.74) is 1.18. The first kappa shape index (κ1) is 22.2. The molecule has 1 fully saturated rings. The lowest BCUT2D eigenvalue weighted by Gasteiger charge is -2.42. The molecule has 0 amide bonds. The summed E-state index contributed by atoms with van der Waals surface area (Å²) in [6.07, 6.45) is 4.66. The van der Waals surface area contributed by atoms with Crippen LogP contribution in [0.25, 0.3) is 0 Å². The number of hydrogen-bond donors (Lipinski definition) is 1. The third-order valence-electron chi connectivity index (χ3n) is 6.46. The minimum Gasteiger partial charge on any atom is -0.490 e.